The maximum Gasteiger partial charge on any atom is 0.416 e. The van der Waals surface area contributed by atoms with Gasteiger partial charge in [0.05, 0.1) is 11.1 Å². The second kappa shape index (κ2) is 6.42. The first kappa shape index (κ1) is 17.1. The zero-order chi connectivity index (χ0) is 19.0. The Labute approximate surface area is 151 Å². The van der Waals surface area contributed by atoms with Crippen LogP contribution in [0.25, 0.3) is 22.2 Å². The van der Waals surface area contributed by atoms with Crippen molar-refractivity contribution in [2.45, 2.75) is 6.18 Å². The summed E-state index contributed by atoms with van der Waals surface area (Å²) in [6, 6.07) is 14.6. The van der Waals surface area contributed by atoms with Gasteiger partial charge in [0.1, 0.15) is 11.6 Å². The lowest BCUT2D eigenvalue weighted by molar-refractivity contribution is -0.137. The molecule has 2 heterocycles. The van der Waals surface area contributed by atoms with Crippen LogP contribution in [0.3, 0.4) is 0 Å². The summed E-state index contributed by atoms with van der Waals surface area (Å²) < 4.78 is 51.3. The smallest absolute Gasteiger partial charge is 0.354 e. The number of aromatic amines is 1. The van der Waals surface area contributed by atoms with E-state index in [1.54, 1.807) is 24.4 Å². The Kier molecular flexibility index (Phi) is 4.07. The zero-order valence-electron chi connectivity index (χ0n) is 13.8. The highest BCUT2D eigenvalue weighted by molar-refractivity contribution is 5.87. The number of rotatable bonds is 3. The number of hydrogen-bond acceptors (Lipinski definition) is 2. The first-order valence-electron chi connectivity index (χ1n) is 8.07. The summed E-state index contributed by atoms with van der Waals surface area (Å²) >= 11 is 0. The Hall–Kier alpha value is -3.35. The van der Waals surface area contributed by atoms with Crippen molar-refractivity contribution in [2.24, 2.45) is 0 Å². The van der Waals surface area contributed by atoms with E-state index in [0.29, 0.717) is 17.1 Å². The Bertz CT molecular complexity index is 1100. The Balaban J connectivity index is 1.60. The first-order valence-corrected chi connectivity index (χ1v) is 8.07. The van der Waals surface area contributed by atoms with Crippen LogP contribution in [0, 0.1) is 5.82 Å². The third kappa shape index (κ3) is 3.62. The summed E-state index contributed by atoms with van der Waals surface area (Å²) in [6.45, 7) is 0. The molecule has 0 amide bonds. The molecule has 0 bridgehead atoms. The Morgan fingerprint density at radius 2 is 1.70 bits per heavy atom. The normalized spacial score (nSPS) is 11.7. The lowest BCUT2D eigenvalue weighted by Gasteiger charge is -2.09. The molecular weight excluding hydrogens is 358 g/mol. The molecule has 0 spiro atoms. The minimum absolute atomic E-state index is 0.325. The van der Waals surface area contributed by atoms with Gasteiger partial charge in [-0.05, 0) is 42.5 Å². The third-order valence-electron chi connectivity index (χ3n) is 4.12. The topological polar surface area (TPSA) is 40.7 Å². The molecule has 0 saturated carbocycles. The van der Waals surface area contributed by atoms with Crippen LogP contribution >= 0.6 is 0 Å². The molecule has 2 aromatic carbocycles. The van der Waals surface area contributed by atoms with Gasteiger partial charge in [0.25, 0.3) is 0 Å². The number of alkyl halides is 3. The van der Waals surface area contributed by atoms with E-state index >= 15 is 0 Å². The molecule has 0 unspecified atom stereocenters. The van der Waals surface area contributed by atoms with Crippen LogP contribution < -0.4 is 5.32 Å². The van der Waals surface area contributed by atoms with Crippen molar-refractivity contribution in [2.75, 3.05) is 5.32 Å². The minimum Gasteiger partial charge on any atom is -0.354 e. The number of nitrogens with one attached hydrogen (secondary N) is 2. The Morgan fingerprint density at radius 3 is 2.41 bits per heavy atom. The highest BCUT2D eigenvalue weighted by Gasteiger charge is 2.29. The number of H-pyrrole nitrogens is 1. The lowest BCUT2D eigenvalue weighted by atomic mass is 10.1. The minimum atomic E-state index is -4.37. The summed E-state index contributed by atoms with van der Waals surface area (Å²) in [6.07, 6.45) is -2.73. The molecule has 0 saturated heterocycles. The van der Waals surface area contributed by atoms with E-state index in [-0.39, 0.29) is 5.82 Å². The molecule has 4 rings (SSSR count). The van der Waals surface area contributed by atoms with E-state index < -0.39 is 11.7 Å². The van der Waals surface area contributed by atoms with E-state index in [9.17, 15) is 17.6 Å². The molecule has 2 aromatic heterocycles. The van der Waals surface area contributed by atoms with Crippen LogP contribution in [-0.2, 0) is 6.18 Å². The van der Waals surface area contributed by atoms with Crippen molar-refractivity contribution in [3.05, 3.63) is 78.2 Å². The van der Waals surface area contributed by atoms with Crippen molar-refractivity contribution in [3.63, 3.8) is 0 Å². The number of hydrogen-bond donors (Lipinski definition) is 2. The summed E-state index contributed by atoms with van der Waals surface area (Å²) in [7, 11) is 0. The van der Waals surface area contributed by atoms with Crippen molar-refractivity contribution in [1.29, 1.82) is 0 Å². The lowest BCUT2D eigenvalue weighted by Crippen LogP contribution is -2.04. The van der Waals surface area contributed by atoms with Gasteiger partial charge in [0, 0.05) is 34.6 Å². The largest absolute Gasteiger partial charge is 0.416 e. The predicted octanol–water partition coefficient (Wildman–Crippen LogP) is 6.13. The second-order valence-electron chi connectivity index (χ2n) is 6.05. The summed E-state index contributed by atoms with van der Waals surface area (Å²) in [5.74, 6) is 0.156. The molecule has 136 valence electrons. The number of pyridine rings is 1. The fraction of sp³-hybridized carbons (Fsp3) is 0.0500. The molecule has 0 aliphatic carbocycles. The molecule has 0 aliphatic heterocycles. The van der Waals surface area contributed by atoms with Gasteiger partial charge in [-0.1, -0.05) is 12.1 Å². The molecule has 0 aliphatic rings. The second-order valence-corrected chi connectivity index (χ2v) is 6.05. The number of fused-ring (bicyclic) bond motifs is 1. The van der Waals surface area contributed by atoms with E-state index in [2.05, 4.69) is 15.3 Å². The van der Waals surface area contributed by atoms with Gasteiger partial charge in [-0.25, -0.2) is 9.37 Å². The average molecular weight is 371 g/mol. The molecule has 2 N–H and O–H groups in total. The SMILES string of the molecule is Fc1cccc(-c2cc3cnc(Nc4ccc(C(F)(F)F)cc4)cc3[nH]2)c1. The summed E-state index contributed by atoms with van der Waals surface area (Å²) in [5.41, 5.74) is 2.02. The van der Waals surface area contributed by atoms with E-state index in [1.165, 1.54) is 24.3 Å². The molecule has 0 atom stereocenters. The van der Waals surface area contributed by atoms with Gasteiger partial charge >= 0.3 is 6.18 Å². The van der Waals surface area contributed by atoms with Crippen LogP contribution in [0.15, 0.2) is 66.9 Å². The third-order valence-corrected chi connectivity index (χ3v) is 4.12. The number of nitrogens with zero attached hydrogens (tertiary/aromatic N) is 1. The average Bonchev–Trinajstić information content (AvgIpc) is 3.05. The van der Waals surface area contributed by atoms with Crippen LogP contribution in [0.5, 0.6) is 0 Å². The van der Waals surface area contributed by atoms with Crippen LogP contribution in [0.1, 0.15) is 5.56 Å². The van der Waals surface area contributed by atoms with Crippen molar-refractivity contribution in [1.82, 2.24) is 9.97 Å². The molecule has 0 fully saturated rings. The highest BCUT2D eigenvalue weighted by atomic mass is 19.4. The number of aromatic nitrogens is 2. The molecule has 4 aromatic rings. The quantitative estimate of drug-likeness (QED) is 0.425. The fourth-order valence-corrected chi connectivity index (χ4v) is 2.80. The van der Waals surface area contributed by atoms with Gasteiger partial charge in [0.2, 0.25) is 0 Å². The highest BCUT2D eigenvalue weighted by Crippen LogP contribution is 2.31. The standard InChI is InChI=1S/C20H13F4N3/c21-15-3-1-2-12(8-15)17-9-13-11-25-19(10-18(13)27-17)26-16-6-4-14(5-7-16)20(22,23)24/h1-11,27H,(H,25,26). The molecule has 27 heavy (non-hydrogen) atoms. The van der Waals surface area contributed by atoms with Gasteiger partial charge in [-0.2, -0.15) is 13.2 Å². The molecule has 0 radical (unpaired) electrons. The maximum absolute atomic E-state index is 13.4. The zero-order valence-corrected chi connectivity index (χ0v) is 13.8. The van der Waals surface area contributed by atoms with Gasteiger partial charge < -0.3 is 10.3 Å². The predicted molar refractivity (Wildman–Crippen MR) is 96.2 cm³/mol. The van der Waals surface area contributed by atoms with Crippen molar-refractivity contribution < 1.29 is 17.6 Å². The van der Waals surface area contributed by atoms with Crippen molar-refractivity contribution >= 4 is 22.4 Å². The molecule has 3 nitrogen and oxygen atoms in total. The first-order chi connectivity index (χ1) is 12.9. The molecular formula is C20H13F4N3. The Morgan fingerprint density at radius 1 is 0.926 bits per heavy atom. The van der Waals surface area contributed by atoms with Crippen LogP contribution in [0.4, 0.5) is 29.1 Å². The van der Waals surface area contributed by atoms with Gasteiger partial charge in [-0.3, -0.25) is 0 Å². The summed E-state index contributed by atoms with van der Waals surface area (Å²) in [5, 5.41) is 3.81. The van der Waals surface area contributed by atoms with E-state index in [1.807, 2.05) is 6.07 Å². The van der Waals surface area contributed by atoms with Crippen LogP contribution in [0.2, 0.25) is 0 Å². The van der Waals surface area contributed by atoms with E-state index in [0.717, 1.165) is 28.7 Å². The van der Waals surface area contributed by atoms with Gasteiger partial charge in [0.15, 0.2) is 0 Å². The molecule has 7 heteroatoms. The summed E-state index contributed by atoms with van der Waals surface area (Å²) in [4.78, 5) is 7.47. The maximum atomic E-state index is 13.4. The van der Waals surface area contributed by atoms with Gasteiger partial charge in [-0.15, -0.1) is 0 Å². The monoisotopic (exact) mass is 371 g/mol. The van der Waals surface area contributed by atoms with Crippen LogP contribution in [-0.4, -0.2) is 9.97 Å². The number of benzene rings is 2. The van der Waals surface area contributed by atoms with E-state index in [4.69, 9.17) is 0 Å². The number of halogens is 4. The number of anilines is 2. The fourth-order valence-electron chi connectivity index (χ4n) is 2.80. The van der Waals surface area contributed by atoms with Crippen molar-refractivity contribution in [3.8, 4) is 11.3 Å².